The van der Waals surface area contributed by atoms with Gasteiger partial charge in [-0.05, 0) is 58.9 Å². The van der Waals surface area contributed by atoms with E-state index in [9.17, 15) is 4.79 Å². The second-order valence-corrected chi connectivity index (χ2v) is 7.47. The number of hydrogen-bond donors (Lipinski definition) is 2. The minimum atomic E-state index is 0.167. The van der Waals surface area contributed by atoms with Crippen LogP contribution in [-0.4, -0.2) is 42.0 Å². The molecule has 20 heavy (non-hydrogen) atoms. The monoisotopic (exact) mass is 281 g/mol. The van der Waals surface area contributed by atoms with Gasteiger partial charge in [0.25, 0.3) is 0 Å². The molecule has 1 amide bonds. The summed E-state index contributed by atoms with van der Waals surface area (Å²) in [5.74, 6) is 0.831. The van der Waals surface area contributed by atoms with Crippen molar-refractivity contribution >= 4 is 5.91 Å². The first kappa shape index (κ1) is 15.8. The van der Waals surface area contributed by atoms with Crippen molar-refractivity contribution in [1.29, 1.82) is 0 Å². The standard InChI is InChI=1S/C16H31N3O/c1-16(2,3)19-9-7-13(8-10-19)18-15(20)14-6-4-5-12(14)11-17/h12-14H,4-11,17H2,1-3H3,(H,18,20). The van der Waals surface area contributed by atoms with Crippen molar-refractivity contribution < 1.29 is 4.79 Å². The second-order valence-electron chi connectivity index (χ2n) is 7.47. The summed E-state index contributed by atoms with van der Waals surface area (Å²) < 4.78 is 0. The molecule has 2 unspecified atom stereocenters. The molecule has 4 heteroatoms. The predicted molar refractivity (Wildman–Crippen MR) is 82.4 cm³/mol. The molecule has 0 aromatic carbocycles. The van der Waals surface area contributed by atoms with Crippen molar-refractivity contribution in [3.8, 4) is 0 Å². The van der Waals surface area contributed by atoms with E-state index in [4.69, 9.17) is 5.73 Å². The lowest BCUT2D eigenvalue weighted by Crippen LogP contribution is -2.51. The lowest BCUT2D eigenvalue weighted by atomic mass is 9.93. The van der Waals surface area contributed by atoms with Crippen molar-refractivity contribution in [2.75, 3.05) is 19.6 Å². The van der Waals surface area contributed by atoms with Crippen LogP contribution in [0.15, 0.2) is 0 Å². The minimum Gasteiger partial charge on any atom is -0.353 e. The summed E-state index contributed by atoms with van der Waals surface area (Å²) in [6.07, 6.45) is 5.44. The van der Waals surface area contributed by atoms with Gasteiger partial charge in [-0.2, -0.15) is 0 Å². The Labute approximate surface area is 123 Å². The quantitative estimate of drug-likeness (QED) is 0.828. The Morgan fingerprint density at radius 1 is 1.20 bits per heavy atom. The van der Waals surface area contributed by atoms with Crippen LogP contribution in [0.2, 0.25) is 0 Å². The molecular weight excluding hydrogens is 250 g/mol. The maximum atomic E-state index is 12.4. The van der Waals surface area contributed by atoms with E-state index in [1.165, 1.54) is 0 Å². The van der Waals surface area contributed by atoms with Crippen LogP contribution in [-0.2, 0) is 4.79 Å². The Morgan fingerprint density at radius 3 is 2.40 bits per heavy atom. The Hall–Kier alpha value is -0.610. The van der Waals surface area contributed by atoms with Crippen molar-refractivity contribution in [2.24, 2.45) is 17.6 Å². The van der Waals surface area contributed by atoms with Crippen molar-refractivity contribution in [3.63, 3.8) is 0 Å². The van der Waals surface area contributed by atoms with Gasteiger partial charge in [0.15, 0.2) is 0 Å². The number of carbonyl (C=O) groups excluding carboxylic acids is 1. The fourth-order valence-corrected chi connectivity index (χ4v) is 3.67. The zero-order chi connectivity index (χ0) is 14.8. The second kappa shape index (κ2) is 6.44. The fraction of sp³-hybridized carbons (Fsp3) is 0.938. The molecule has 1 aliphatic carbocycles. The normalized spacial score (nSPS) is 29.6. The Morgan fingerprint density at radius 2 is 1.85 bits per heavy atom. The van der Waals surface area contributed by atoms with Gasteiger partial charge in [0, 0.05) is 30.6 Å². The van der Waals surface area contributed by atoms with E-state index in [1.54, 1.807) is 0 Å². The summed E-state index contributed by atoms with van der Waals surface area (Å²) in [6.45, 7) is 9.60. The van der Waals surface area contributed by atoms with Gasteiger partial charge in [-0.15, -0.1) is 0 Å². The molecule has 0 aromatic rings. The van der Waals surface area contributed by atoms with Gasteiger partial charge < -0.3 is 11.1 Å². The van der Waals surface area contributed by atoms with Crippen LogP contribution in [0.5, 0.6) is 0 Å². The van der Waals surface area contributed by atoms with Crippen molar-refractivity contribution in [3.05, 3.63) is 0 Å². The van der Waals surface area contributed by atoms with Gasteiger partial charge in [-0.25, -0.2) is 0 Å². The summed E-state index contributed by atoms with van der Waals surface area (Å²) in [5.41, 5.74) is 6.02. The SMILES string of the molecule is CC(C)(C)N1CCC(NC(=O)C2CCCC2CN)CC1. The van der Waals surface area contributed by atoms with Gasteiger partial charge in [-0.1, -0.05) is 6.42 Å². The maximum absolute atomic E-state index is 12.4. The van der Waals surface area contributed by atoms with E-state index in [1.807, 2.05) is 0 Å². The third-order valence-corrected chi connectivity index (χ3v) is 5.09. The molecule has 0 aromatic heterocycles. The zero-order valence-electron chi connectivity index (χ0n) is 13.3. The smallest absolute Gasteiger partial charge is 0.223 e. The highest BCUT2D eigenvalue weighted by molar-refractivity contribution is 5.79. The molecule has 2 rings (SSSR count). The maximum Gasteiger partial charge on any atom is 0.223 e. The minimum absolute atomic E-state index is 0.167. The highest BCUT2D eigenvalue weighted by atomic mass is 16.2. The van der Waals surface area contributed by atoms with Gasteiger partial charge in [0.05, 0.1) is 0 Å². The first-order valence-corrected chi connectivity index (χ1v) is 8.17. The molecule has 1 saturated heterocycles. The Balaban J connectivity index is 1.79. The predicted octanol–water partition coefficient (Wildman–Crippen LogP) is 1.74. The van der Waals surface area contributed by atoms with E-state index in [0.717, 1.165) is 45.2 Å². The van der Waals surface area contributed by atoms with Crippen LogP contribution >= 0.6 is 0 Å². The van der Waals surface area contributed by atoms with Crippen LogP contribution < -0.4 is 11.1 Å². The van der Waals surface area contributed by atoms with E-state index in [-0.39, 0.29) is 17.4 Å². The van der Waals surface area contributed by atoms with Crippen LogP contribution in [0.4, 0.5) is 0 Å². The van der Waals surface area contributed by atoms with Crippen LogP contribution in [0.1, 0.15) is 52.9 Å². The number of carbonyl (C=O) groups is 1. The average molecular weight is 281 g/mol. The van der Waals surface area contributed by atoms with E-state index in [2.05, 4.69) is 31.0 Å². The molecule has 0 radical (unpaired) electrons. The largest absolute Gasteiger partial charge is 0.353 e. The molecule has 2 fully saturated rings. The lowest BCUT2D eigenvalue weighted by molar-refractivity contribution is -0.127. The average Bonchev–Trinajstić information content (AvgIpc) is 2.86. The van der Waals surface area contributed by atoms with Crippen molar-refractivity contribution in [2.45, 2.75) is 64.5 Å². The number of nitrogens with two attached hydrogens (primary N) is 1. The number of likely N-dealkylation sites (tertiary alicyclic amines) is 1. The van der Waals surface area contributed by atoms with Gasteiger partial charge in [0.1, 0.15) is 0 Å². The molecule has 0 spiro atoms. The molecule has 3 N–H and O–H groups in total. The van der Waals surface area contributed by atoms with E-state index >= 15 is 0 Å². The molecule has 1 aliphatic heterocycles. The number of amides is 1. The Bertz CT molecular complexity index is 329. The van der Waals surface area contributed by atoms with Crippen molar-refractivity contribution in [1.82, 2.24) is 10.2 Å². The topological polar surface area (TPSA) is 58.4 Å². The molecule has 1 heterocycles. The first-order valence-electron chi connectivity index (χ1n) is 8.17. The fourth-order valence-electron chi connectivity index (χ4n) is 3.67. The number of nitrogens with zero attached hydrogens (tertiary/aromatic N) is 1. The van der Waals surface area contributed by atoms with Gasteiger partial charge >= 0.3 is 0 Å². The molecule has 0 bridgehead atoms. The van der Waals surface area contributed by atoms with Gasteiger partial charge in [0.2, 0.25) is 5.91 Å². The third kappa shape index (κ3) is 3.73. The number of nitrogens with one attached hydrogen (secondary N) is 1. The molecular formula is C16H31N3O. The molecule has 2 aliphatic rings. The summed E-state index contributed by atoms with van der Waals surface area (Å²) in [7, 11) is 0. The summed E-state index contributed by atoms with van der Waals surface area (Å²) >= 11 is 0. The molecule has 4 nitrogen and oxygen atoms in total. The molecule has 2 atom stereocenters. The number of rotatable bonds is 3. The summed E-state index contributed by atoms with van der Waals surface area (Å²) in [6, 6.07) is 0.361. The summed E-state index contributed by atoms with van der Waals surface area (Å²) in [5, 5.41) is 3.28. The van der Waals surface area contributed by atoms with E-state index in [0.29, 0.717) is 18.5 Å². The molecule has 116 valence electrons. The van der Waals surface area contributed by atoms with Gasteiger partial charge in [-0.3, -0.25) is 9.69 Å². The van der Waals surface area contributed by atoms with E-state index < -0.39 is 0 Å². The van der Waals surface area contributed by atoms with Crippen LogP contribution in [0.3, 0.4) is 0 Å². The number of piperidine rings is 1. The third-order valence-electron chi connectivity index (χ3n) is 5.09. The summed E-state index contributed by atoms with van der Waals surface area (Å²) in [4.78, 5) is 14.9. The Kier molecular flexibility index (Phi) is 5.08. The highest BCUT2D eigenvalue weighted by Crippen LogP contribution is 2.31. The van der Waals surface area contributed by atoms with Crippen LogP contribution in [0, 0.1) is 11.8 Å². The molecule has 1 saturated carbocycles. The highest BCUT2D eigenvalue weighted by Gasteiger charge is 2.34. The lowest BCUT2D eigenvalue weighted by Gasteiger charge is -2.41. The van der Waals surface area contributed by atoms with Crippen LogP contribution in [0.25, 0.3) is 0 Å². The zero-order valence-corrected chi connectivity index (χ0v) is 13.3. The number of hydrogen-bond acceptors (Lipinski definition) is 3. The first-order chi connectivity index (χ1) is 9.41.